The van der Waals surface area contributed by atoms with Crippen LogP contribution in [0.25, 0.3) is 21.1 Å². The van der Waals surface area contributed by atoms with E-state index in [0.717, 1.165) is 17.2 Å². The van der Waals surface area contributed by atoms with Gasteiger partial charge in [-0.05, 0) is 69.2 Å². The minimum atomic E-state index is 0.507. The zero-order valence-corrected chi connectivity index (χ0v) is 18.8. The molecule has 5 nitrogen and oxygen atoms in total. The Hall–Kier alpha value is -2.44. The first kappa shape index (κ1) is 19.3. The molecule has 2 aliphatic carbocycles. The topological polar surface area (TPSA) is 56.8 Å². The Balaban J connectivity index is 1.11. The smallest absolute Gasteiger partial charge is 0.138 e. The molecule has 0 amide bonds. The van der Waals surface area contributed by atoms with Crippen LogP contribution in [0.4, 0.5) is 5.82 Å². The summed E-state index contributed by atoms with van der Waals surface area (Å²) in [6.45, 7) is 1.00. The largest absolute Gasteiger partial charge is 0.367 e. The number of nitrogens with zero attached hydrogens (tertiary/aromatic N) is 3. The molecule has 6 heteroatoms. The van der Waals surface area contributed by atoms with Gasteiger partial charge in [0.1, 0.15) is 17.0 Å². The molecule has 160 valence electrons. The lowest BCUT2D eigenvalue weighted by Gasteiger charge is -2.35. The van der Waals surface area contributed by atoms with Gasteiger partial charge in [0.25, 0.3) is 0 Å². The van der Waals surface area contributed by atoms with E-state index in [4.69, 9.17) is 0 Å². The Bertz CT molecular complexity index is 1220. The van der Waals surface area contributed by atoms with E-state index >= 15 is 0 Å². The third-order valence-corrected chi connectivity index (χ3v) is 8.46. The molecule has 6 rings (SSSR count). The highest BCUT2D eigenvalue weighted by Gasteiger charge is 2.27. The molecule has 3 aromatic heterocycles. The Morgan fingerprint density at radius 1 is 1.13 bits per heavy atom. The van der Waals surface area contributed by atoms with Crippen molar-refractivity contribution in [3.8, 4) is 0 Å². The minimum absolute atomic E-state index is 0.507. The SMILES string of the molecule is CN(Cc1c[nH]c2ccccc12)C1CCC(Nc2ncnc3sc4c(c23)CCC4)CC1. The van der Waals surface area contributed by atoms with Crippen molar-refractivity contribution in [1.29, 1.82) is 0 Å². The second kappa shape index (κ2) is 7.92. The predicted octanol–water partition coefficient (Wildman–Crippen LogP) is 5.52. The number of benzene rings is 1. The Kier molecular flexibility index (Phi) is 4.92. The van der Waals surface area contributed by atoms with Crippen LogP contribution in [-0.4, -0.2) is 39.0 Å². The monoisotopic (exact) mass is 431 g/mol. The maximum Gasteiger partial charge on any atom is 0.138 e. The molecule has 0 saturated heterocycles. The normalized spacial score (nSPS) is 21.2. The lowest BCUT2D eigenvalue weighted by atomic mass is 9.90. The summed E-state index contributed by atoms with van der Waals surface area (Å²) in [6, 6.07) is 9.75. The lowest BCUT2D eigenvalue weighted by Crippen LogP contribution is -2.38. The highest BCUT2D eigenvalue weighted by molar-refractivity contribution is 7.19. The summed E-state index contributed by atoms with van der Waals surface area (Å²) in [5, 5.41) is 6.45. The number of para-hydroxylation sites is 1. The quantitative estimate of drug-likeness (QED) is 0.437. The van der Waals surface area contributed by atoms with E-state index in [1.54, 1.807) is 6.33 Å². The van der Waals surface area contributed by atoms with E-state index in [1.165, 1.54) is 77.2 Å². The number of rotatable bonds is 5. The van der Waals surface area contributed by atoms with Gasteiger partial charge < -0.3 is 10.3 Å². The molecule has 1 fully saturated rings. The molecule has 0 bridgehead atoms. The number of aromatic amines is 1. The van der Waals surface area contributed by atoms with Crippen LogP contribution in [0, 0.1) is 0 Å². The van der Waals surface area contributed by atoms with E-state index in [9.17, 15) is 0 Å². The molecule has 0 spiro atoms. The fraction of sp³-hybridized carbons (Fsp3) is 0.440. The lowest BCUT2D eigenvalue weighted by molar-refractivity contribution is 0.180. The average Bonchev–Trinajstić information content (AvgIpc) is 3.49. The molecule has 31 heavy (non-hydrogen) atoms. The van der Waals surface area contributed by atoms with Crippen molar-refractivity contribution in [2.75, 3.05) is 12.4 Å². The Labute approximate surface area is 186 Å². The maximum atomic E-state index is 4.65. The van der Waals surface area contributed by atoms with Crippen molar-refractivity contribution in [3.63, 3.8) is 0 Å². The fourth-order valence-corrected chi connectivity index (χ4v) is 6.78. The van der Waals surface area contributed by atoms with Gasteiger partial charge >= 0.3 is 0 Å². The second-order valence-corrected chi connectivity index (χ2v) is 10.3. The van der Waals surface area contributed by atoms with Crippen molar-refractivity contribution < 1.29 is 0 Å². The van der Waals surface area contributed by atoms with Crippen LogP contribution in [0.3, 0.4) is 0 Å². The molecule has 4 aromatic rings. The van der Waals surface area contributed by atoms with E-state index in [2.05, 4.69) is 62.7 Å². The summed E-state index contributed by atoms with van der Waals surface area (Å²) in [4.78, 5) is 17.8. The number of thiophene rings is 1. The van der Waals surface area contributed by atoms with E-state index in [1.807, 2.05) is 11.3 Å². The maximum absolute atomic E-state index is 4.65. The molecule has 2 aliphatic rings. The highest BCUT2D eigenvalue weighted by atomic mass is 32.1. The van der Waals surface area contributed by atoms with Gasteiger partial charge in [-0.2, -0.15) is 0 Å². The number of anilines is 1. The van der Waals surface area contributed by atoms with Gasteiger partial charge in [-0.3, -0.25) is 4.90 Å². The number of hydrogen-bond donors (Lipinski definition) is 2. The molecule has 1 saturated carbocycles. The van der Waals surface area contributed by atoms with Crippen molar-refractivity contribution >= 4 is 38.3 Å². The van der Waals surface area contributed by atoms with Crippen LogP contribution in [-0.2, 0) is 19.4 Å². The van der Waals surface area contributed by atoms with Gasteiger partial charge in [-0.25, -0.2) is 9.97 Å². The average molecular weight is 432 g/mol. The fourth-order valence-electron chi connectivity index (χ4n) is 5.55. The van der Waals surface area contributed by atoms with Crippen LogP contribution in [0.1, 0.15) is 48.1 Å². The van der Waals surface area contributed by atoms with Crippen molar-refractivity contribution in [2.45, 2.75) is 63.6 Å². The Morgan fingerprint density at radius 2 is 2.00 bits per heavy atom. The first-order valence-corrected chi connectivity index (χ1v) is 12.3. The molecule has 3 heterocycles. The molecule has 2 N–H and O–H groups in total. The van der Waals surface area contributed by atoms with Gasteiger partial charge in [0.05, 0.1) is 5.39 Å². The van der Waals surface area contributed by atoms with Crippen LogP contribution in [0.15, 0.2) is 36.8 Å². The predicted molar refractivity (Wildman–Crippen MR) is 129 cm³/mol. The number of aromatic nitrogens is 3. The molecular weight excluding hydrogens is 402 g/mol. The first-order valence-electron chi connectivity index (χ1n) is 11.5. The van der Waals surface area contributed by atoms with Crippen molar-refractivity contribution in [2.24, 2.45) is 0 Å². The third kappa shape index (κ3) is 3.52. The number of aryl methyl sites for hydroxylation is 2. The van der Waals surface area contributed by atoms with E-state index < -0.39 is 0 Å². The first-order chi connectivity index (χ1) is 15.3. The summed E-state index contributed by atoms with van der Waals surface area (Å²) in [5.41, 5.74) is 4.14. The number of nitrogens with one attached hydrogen (secondary N) is 2. The van der Waals surface area contributed by atoms with Crippen LogP contribution >= 0.6 is 11.3 Å². The van der Waals surface area contributed by atoms with Crippen LogP contribution in [0.2, 0.25) is 0 Å². The Morgan fingerprint density at radius 3 is 2.90 bits per heavy atom. The number of H-pyrrole nitrogens is 1. The second-order valence-electron chi connectivity index (χ2n) is 9.18. The summed E-state index contributed by atoms with van der Waals surface area (Å²) in [5.74, 6) is 1.07. The van der Waals surface area contributed by atoms with Crippen molar-refractivity contribution in [3.05, 3.63) is 52.8 Å². The minimum Gasteiger partial charge on any atom is -0.367 e. The zero-order valence-electron chi connectivity index (χ0n) is 18.0. The molecule has 0 atom stereocenters. The summed E-state index contributed by atoms with van der Waals surface area (Å²) >= 11 is 1.87. The van der Waals surface area contributed by atoms with Gasteiger partial charge in [0, 0.05) is 40.6 Å². The van der Waals surface area contributed by atoms with E-state index in [-0.39, 0.29) is 0 Å². The summed E-state index contributed by atoms with van der Waals surface area (Å²) < 4.78 is 0. The van der Waals surface area contributed by atoms with Crippen molar-refractivity contribution in [1.82, 2.24) is 19.9 Å². The van der Waals surface area contributed by atoms with Gasteiger partial charge in [-0.1, -0.05) is 18.2 Å². The highest BCUT2D eigenvalue weighted by Crippen LogP contribution is 2.39. The molecule has 0 aliphatic heterocycles. The third-order valence-electron chi connectivity index (χ3n) is 7.26. The number of fused-ring (bicyclic) bond motifs is 4. The standard InChI is InChI=1S/C25H29N5S/c1-30(14-16-13-26-21-7-3-2-5-19(16)21)18-11-9-17(10-12-18)29-24-23-20-6-4-8-22(20)31-25(23)28-15-27-24/h2-3,5,7,13,15,17-18,26H,4,6,8-12,14H2,1H3,(H,27,28,29). The molecule has 0 radical (unpaired) electrons. The van der Waals surface area contributed by atoms with E-state index in [0.29, 0.717) is 12.1 Å². The zero-order chi connectivity index (χ0) is 20.8. The molecule has 0 unspecified atom stereocenters. The van der Waals surface area contributed by atoms with Gasteiger partial charge in [0.15, 0.2) is 0 Å². The van der Waals surface area contributed by atoms with Gasteiger partial charge in [0.2, 0.25) is 0 Å². The summed E-state index contributed by atoms with van der Waals surface area (Å²) in [6.07, 6.45) is 12.4. The van der Waals surface area contributed by atoms with Crippen LogP contribution in [0.5, 0.6) is 0 Å². The van der Waals surface area contributed by atoms with Gasteiger partial charge in [-0.15, -0.1) is 11.3 Å². The number of hydrogen-bond acceptors (Lipinski definition) is 5. The summed E-state index contributed by atoms with van der Waals surface area (Å²) in [7, 11) is 2.28. The molecular formula is C25H29N5S. The molecule has 1 aromatic carbocycles. The van der Waals surface area contributed by atoms with Crippen LogP contribution < -0.4 is 5.32 Å².